The van der Waals surface area contributed by atoms with Crippen LogP contribution in [0.15, 0.2) is 47.1 Å². The second-order valence-corrected chi connectivity index (χ2v) is 6.33. The van der Waals surface area contributed by atoms with Gasteiger partial charge in [-0.15, -0.1) is 0 Å². The molecular weight excluding hydrogens is 318 g/mol. The number of carbonyl (C=O) groups excluding carboxylic acids is 2. The normalized spacial score (nSPS) is 17.7. The predicted octanol–water partition coefficient (Wildman–Crippen LogP) is 1.57. The van der Waals surface area contributed by atoms with E-state index >= 15 is 0 Å². The number of hydrogen-bond donors (Lipinski definition) is 2. The molecule has 6 nitrogen and oxygen atoms in total. The Labute approximate surface area is 147 Å². The fourth-order valence-electron chi connectivity index (χ4n) is 2.99. The molecule has 132 valence electrons. The summed E-state index contributed by atoms with van der Waals surface area (Å²) in [5.41, 5.74) is 2.17. The minimum Gasteiger partial charge on any atom is -0.459 e. The van der Waals surface area contributed by atoms with E-state index in [0.717, 1.165) is 11.1 Å². The van der Waals surface area contributed by atoms with Crippen LogP contribution in [0.2, 0.25) is 0 Å². The van der Waals surface area contributed by atoms with E-state index in [0.29, 0.717) is 19.5 Å². The summed E-state index contributed by atoms with van der Waals surface area (Å²) in [6, 6.07) is 10.8. The minimum atomic E-state index is -0.545. The molecular formula is C19H23N3O3. The molecule has 2 heterocycles. The van der Waals surface area contributed by atoms with Gasteiger partial charge in [0.15, 0.2) is 5.76 Å². The Kier molecular flexibility index (Phi) is 5.19. The van der Waals surface area contributed by atoms with Gasteiger partial charge in [0.2, 0.25) is 5.91 Å². The number of hydrogen-bond acceptors (Lipinski definition) is 4. The lowest BCUT2D eigenvalue weighted by Crippen LogP contribution is -2.53. The van der Waals surface area contributed by atoms with Crippen LogP contribution >= 0.6 is 0 Å². The molecule has 0 fully saturated rings. The number of furan rings is 1. The van der Waals surface area contributed by atoms with Crippen LogP contribution in [0.4, 0.5) is 0 Å². The molecule has 1 aliphatic heterocycles. The summed E-state index contributed by atoms with van der Waals surface area (Å²) in [6.45, 7) is 2.90. The van der Waals surface area contributed by atoms with Crippen LogP contribution < -0.4 is 10.6 Å². The highest BCUT2D eigenvalue weighted by atomic mass is 16.3. The predicted molar refractivity (Wildman–Crippen MR) is 94.0 cm³/mol. The maximum atomic E-state index is 12.8. The van der Waals surface area contributed by atoms with Crippen molar-refractivity contribution in [3.8, 4) is 0 Å². The van der Waals surface area contributed by atoms with E-state index in [2.05, 4.69) is 10.6 Å². The quantitative estimate of drug-likeness (QED) is 0.866. The summed E-state index contributed by atoms with van der Waals surface area (Å²) in [4.78, 5) is 27.2. The van der Waals surface area contributed by atoms with Gasteiger partial charge in [0.1, 0.15) is 6.04 Å². The van der Waals surface area contributed by atoms with E-state index in [1.165, 1.54) is 6.26 Å². The van der Waals surface area contributed by atoms with Crippen molar-refractivity contribution in [1.29, 1.82) is 0 Å². The lowest BCUT2D eigenvalue weighted by molar-refractivity contribution is -0.126. The van der Waals surface area contributed by atoms with Crippen LogP contribution in [-0.4, -0.2) is 42.4 Å². The molecule has 2 aromatic rings. The highest BCUT2D eigenvalue weighted by Gasteiger charge is 2.35. The first-order valence-corrected chi connectivity index (χ1v) is 8.46. The highest BCUT2D eigenvalue weighted by Crippen LogP contribution is 2.25. The molecule has 1 aliphatic rings. The zero-order valence-electron chi connectivity index (χ0n) is 14.5. The molecule has 1 aromatic carbocycles. The monoisotopic (exact) mass is 341 g/mol. The molecule has 0 bridgehead atoms. The Morgan fingerprint density at radius 2 is 2.00 bits per heavy atom. The average Bonchev–Trinajstić information content (AvgIpc) is 3.18. The van der Waals surface area contributed by atoms with Crippen molar-refractivity contribution in [3.05, 3.63) is 59.5 Å². The second-order valence-electron chi connectivity index (χ2n) is 6.33. The zero-order valence-corrected chi connectivity index (χ0v) is 14.5. The van der Waals surface area contributed by atoms with E-state index in [1.807, 2.05) is 38.2 Å². The molecule has 0 saturated heterocycles. The molecule has 6 heteroatoms. The largest absolute Gasteiger partial charge is 0.459 e. The number of amides is 2. The molecule has 2 amide bonds. The summed E-state index contributed by atoms with van der Waals surface area (Å²) in [6.07, 6.45) is 1.97. The molecule has 1 aromatic heterocycles. The van der Waals surface area contributed by atoms with E-state index < -0.39 is 6.04 Å². The van der Waals surface area contributed by atoms with Crippen LogP contribution in [0, 0.1) is 0 Å². The Morgan fingerprint density at radius 1 is 1.24 bits per heavy atom. The molecule has 0 radical (unpaired) electrons. The van der Waals surface area contributed by atoms with E-state index in [1.54, 1.807) is 17.0 Å². The SMILES string of the molecule is CNC(C)CNC(=O)C1Cc2ccccc2CN1C(=O)c1ccco1. The lowest BCUT2D eigenvalue weighted by Gasteiger charge is -2.35. The number of likely N-dealkylation sites (N-methyl/N-ethyl adjacent to an activating group) is 1. The Balaban J connectivity index is 1.84. The van der Waals surface area contributed by atoms with Gasteiger partial charge in [-0.3, -0.25) is 9.59 Å². The number of benzene rings is 1. The van der Waals surface area contributed by atoms with Crippen molar-refractivity contribution in [2.75, 3.05) is 13.6 Å². The van der Waals surface area contributed by atoms with Gasteiger partial charge in [-0.05, 0) is 37.2 Å². The third-order valence-corrected chi connectivity index (χ3v) is 4.62. The van der Waals surface area contributed by atoms with Crippen LogP contribution in [0.5, 0.6) is 0 Å². The fraction of sp³-hybridized carbons (Fsp3) is 0.368. The van der Waals surface area contributed by atoms with Gasteiger partial charge in [-0.1, -0.05) is 24.3 Å². The smallest absolute Gasteiger partial charge is 0.290 e. The van der Waals surface area contributed by atoms with Gasteiger partial charge in [0.05, 0.1) is 6.26 Å². The summed E-state index contributed by atoms with van der Waals surface area (Å²) in [5, 5.41) is 6.02. The summed E-state index contributed by atoms with van der Waals surface area (Å²) >= 11 is 0. The molecule has 3 rings (SSSR count). The lowest BCUT2D eigenvalue weighted by atomic mass is 9.93. The van der Waals surface area contributed by atoms with Crippen LogP contribution in [0.1, 0.15) is 28.6 Å². The fourth-order valence-corrected chi connectivity index (χ4v) is 2.99. The molecule has 2 atom stereocenters. The van der Waals surface area contributed by atoms with Gasteiger partial charge in [0.25, 0.3) is 5.91 Å². The molecule has 25 heavy (non-hydrogen) atoms. The van der Waals surface area contributed by atoms with Gasteiger partial charge < -0.3 is 20.0 Å². The standard InChI is InChI=1S/C19H23N3O3/c1-13(20-2)11-21-18(23)16-10-14-6-3-4-7-15(14)12-22(16)19(24)17-8-5-9-25-17/h3-9,13,16,20H,10-12H2,1-2H3,(H,21,23). The van der Waals surface area contributed by atoms with Gasteiger partial charge >= 0.3 is 0 Å². The van der Waals surface area contributed by atoms with Gasteiger partial charge in [-0.2, -0.15) is 0 Å². The van der Waals surface area contributed by atoms with Crippen molar-refractivity contribution in [2.45, 2.75) is 32.0 Å². The van der Waals surface area contributed by atoms with Gasteiger partial charge in [0, 0.05) is 25.6 Å². The number of nitrogens with one attached hydrogen (secondary N) is 2. The third-order valence-electron chi connectivity index (χ3n) is 4.62. The first-order chi connectivity index (χ1) is 12.1. The second kappa shape index (κ2) is 7.53. The minimum absolute atomic E-state index is 0.142. The Bertz CT molecular complexity index is 742. The third kappa shape index (κ3) is 3.74. The summed E-state index contributed by atoms with van der Waals surface area (Å²) < 4.78 is 5.25. The van der Waals surface area contributed by atoms with E-state index in [-0.39, 0.29) is 23.6 Å². The van der Waals surface area contributed by atoms with Gasteiger partial charge in [-0.25, -0.2) is 0 Å². The molecule has 0 aliphatic carbocycles. The summed E-state index contributed by atoms with van der Waals surface area (Å²) in [5.74, 6) is -0.154. The first-order valence-electron chi connectivity index (χ1n) is 8.46. The van der Waals surface area contributed by atoms with Crippen molar-refractivity contribution in [2.24, 2.45) is 0 Å². The number of nitrogens with zero attached hydrogens (tertiary/aromatic N) is 1. The molecule has 2 N–H and O–H groups in total. The van der Waals surface area contributed by atoms with Crippen LogP contribution in [0.3, 0.4) is 0 Å². The van der Waals surface area contributed by atoms with Crippen molar-refractivity contribution in [3.63, 3.8) is 0 Å². The Hall–Kier alpha value is -2.60. The van der Waals surface area contributed by atoms with Crippen molar-refractivity contribution in [1.82, 2.24) is 15.5 Å². The maximum absolute atomic E-state index is 12.8. The number of fused-ring (bicyclic) bond motifs is 1. The van der Waals surface area contributed by atoms with Crippen LogP contribution in [-0.2, 0) is 17.8 Å². The Morgan fingerprint density at radius 3 is 2.68 bits per heavy atom. The van der Waals surface area contributed by atoms with E-state index in [9.17, 15) is 9.59 Å². The maximum Gasteiger partial charge on any atom is 0.290 e. The topological polar surface area (TPSA) is 74.6 Å². The van der Waals surface area contributed by atoms with Crippen molar-refractivity contribution < 1.29 is 14.0 Å². The average molecular weight is 341 g/mol. The zero-order chi connectivity index (χ0) is 17.8. The van der Waals surface area contributed by atoms with Crippen LogP contribution in [0.25, 0.3) is 0 Å². The molecule has 2 unspecified atom stereocenters. The van der Waals surface area contributed by atoms with Crippen molar-refractivity contribution >= 4 is 11.8 Å². The first kappa shape index (κ1) is 17.2. The van der Waals surface area contributed by atoms with E-state index in [4.69, 9.17) is 4.42 Å². The summed E-state index contributed by atoms with van der Waals surface area (Å²) in [7, 11) is 1.85. The molecule has 0 spiro atoms. The number of rotatable bonds is 5. The number of carbonyl (C=O) groups is 2. The highest BCUT2D eigenvalue weighted by molar-refractivity contribution is 5.96. The molecule has 0 saturated carbocycles.